The second kappa shape index (κ2) is 9.73. The highest BCUT2D eigenvalue weighted by Gasteiger charge is 2.50. The fourth-order valence-electron chi connectivity index (χ4n) is 1.64. The average molecular weight is 326 g/mol. The SMILES string of the molecule is C#CCC(P(=O)(OCC)OCC)P(=O)(OCC)OCC. The quantitative estimate of drug-likeness (QED) is 0.424. The van der Waals surface area contributed by atoms with E-state index in [9.17, 15) is 9.13 Å². The van der Waals surface area contributed by atoms with Gasteiger partial charge in [-0.25, -0.2) is 0 Å². The lowest BCUT2D eigenvalue weighted by Gasteiger charge is -2.30. The molecule has 0 amide bonds. The summed E-state index contributed by atoms with van der Waals surface area (Å²) >= 11 is 0. The van der Waals surface area contributed by atoms with Gasteiger partial charge in [-0.3, -0.25) is 9.13 Å². The summed E-state index contributed by atoms with van der Waals surface area (Å²) in [6.07, 6.45) is 5.22. The molecule has 0 aliphatic carbocycles. The first-order valence-corrected chi connectivity index (χ1v) is 9.87. The predicted molar refractivity (Wildman–Crippen MR) is 79.0 cm³/mol. The first-order valence-electron chi connectivity index (χ1n) is 6.65. The van der Waals surface area contributed by atoms with Gasteiger partial charge in [0, 0.05) is 6.42 Å². The van der Waals surface area contributed by atoms with Gasteiger partial charge >= 0.3 is 15.2 Å². The molecule has 0 unspecified atom stereocenters. The fraction of sp³-hybridized carbons (Fsp3) is 0.833. The third kappa shape index (κ3) is 5.33. The molecule has 0 radical (unpaired) electrons. The summed E-state index contributed by atoms with van der Waals surface area (Å²) < 4.78 is 46.6. The van der Waals surface area contributed by atoms with E-state index < -0.39 is 20.6 Å². The molecule has 0 saturated heterocycles. The smallest absolute Gasteiger partial charge is 0.308 e. The first-order chi connectivity index (χ1) is 9.44. The number of hydrogen-bond donors (Lipinski definition) is 0. The van der Waals surface area contributed by atoms with Crippen molar-refractivity contribution in [2.45, 2.75) is 39.5 Å². The summed E-state index contributed by atoms with van der Waals surface area (Å²) in [4.78, 5) is 0. The van der Waals surface area contributed by atoms with Crippen molar-refractivity contribution in [3.63, 3.8) is 0 Å². The number of terminal acetylenes is 1. The van der Waals surface area contributed by atoms with Gasteiger partial charge in [0.05, 0.1) is 26.4 Å². The molecule has 0 bridgehead atoms. The summed E-state index contributed by atoms with van der Waals surface area (Å²) in [6.45, 7) is 7.28. The van der Waals surface area contributed by atoms with E-state index in [0.29, 0.717) is 0 Å². The summed E-state index contributed by atoms with van der Waals surface area (Å²) in [5, 5.41) is -1.11. The Morgan fingerprint density at radius 3 is 1.35 bits per heavy atom. The third-order valence-corrected chi connectivity index (χ3v) is 8.26. The molecule has 0 spiro atoms. The Morgan fingerprint density at radius 1 is 0.850 bits per heavy atom. The lowest BCUT2D eigenvalue weighted by Crippen LogP contribution is -2.17. The number of hydrogen-bond acceptors (Lipinski definition) is 6. The van der Waals surface area contributed by atoms with E-state index in [4.69, 9.17) is 24.5 Å². The van der Waals surface area contributed by atoms with Gasteiger partial charge in [-0.2, -0.15) is 0 Å². The van der Waals surface area contributed by atoms with E-state index >= 15 is 0 Å². The fourth-order valence-corrected chi connectivity index (χ4v) is 6.76. The Balaban J connectivity index is 5.61. The standard InChI is InChI=1S/C12H24O6P2/c1-6-11-12(19(13,15-7-2)16-8-3)20(14,17-9-4)18-10-5/h1,12H,7-11H2,2-5H3. The van der Waals surface area contributed by atoms with Crippen molar-refractivity contribution in [3.8, 4) is 12.3 Å². The minimum atomic E-state index is -3.68. The topological polar surface area (TPSA) is 71.1 Å². The maximum absolute atomic E-state index is 12.8. The molecule has 0 heterocycles. The minimum Gasteiger partial charge on any atom is -0.308 e. The van der Waals surface area contributed by atoms with Crippen LogP contribution in [-0.2, 0) is 27.2 Å². The van der Waals surface area contributed by atoms with Gasteiger partial charge in [-0.05, 0) is 27.7 Å². The molecular formula is C12H24O6P2. The van der Waals surface area contributed by atoms with Gasteiger partial charge in [0.2, 0.25) is 0 Å². The molecular weight excluding hydrogens is 302 g/mol. The predicted octanol–water partition coefficient (Wildman–Crippen LogP) is 3.87. The highest BCUT2D eigenvalue weighted by atomic mass is 31.2. The van der Waals surface area contributed by atoms with Crippen LogP contribution in [0.2, 0.25) is 0 Å². The zero-order valence-electron chi connectivity index (χ0n) is 12.5. The van der Waals surface area contributed by atoms with Gasteiger partial charge < -0.3 is 18.1 Å². The first kappa shape index (κ1) is 19.9. The molecule has 8 heteroatoms. The van der Waals surface area contributed by atoms with E-state index in [2.05, 4.69) is 5.92 Å². The van der Waals surface area contributed by atoms with E-state index in [1.165, 1.54) is 0 Å². The second-order valence-corrected chi connectivity index (χ2v) is 8.49. The van der Waals surface area contributed by atoms with Gasteiger partial charge in [0.1, 0.15) is 0 Å². The molecule has 0 aromatic heterocycles. The molecule has 118 valence electrons. The molecule has 0 aliphatic rings. The normalized spacial score (nSPS) is 12.6. The molecule has 0 atom stereocenters. The van der Waals surface area contributed by atoms with Crippen molar-refractivity contribution in [3.05, 3.63) is 0 Å². The molecule has 6 nitrogen and oxygen atoms in total. The van der Waals surface area contributed by atoms with Crippen LogP contribution in [0.25, 0.3) is 0 Å². The summed E-state index contributed by atoms with van der Waals surface area (Å²) in [7, 11) is -7.37. The van der Waals surface area contributed by atoms with Gasteiger partial charge in [0.25, 0.3) is 0 Å². The van der Waals surface area contributed by atoms with Crippen LogP contribution >= 0.6 is 15.2 Å². The molecule has 0 rings (SSSR count). The van der Waals surface area contributed by atoms with Crippen LogP contribution in [0, 0.1) is 12.3 Å². The Hall–Kier alpha value is -0.140. The van der Waals surface area contributed by atoms with E-state index in [1.54, 1.807) is 27.7 Å². The van der Waals surface area contributed by atoms with Crippen LogP contribution in [0.5, 0.6) is 0 Å². The summed E-state index contributed by atoms with van der Waals surface area (Å²) in [5.41, 5.74) is 0. The molecule has 20 heavy (non-hydrogen) atoms. The lowest BCUT2D eigenvalue weighted by atomic mass is 10.5. The van der Waals surface area contributed by atoms with Crippen LogP contribution in [0.1, 0.15) is 34.1 Å². The Bertz CT molecular complexity index is 353. The van der Waals surface area contributed by atoms with Gasteiger partial charge in [-0.15, -0.1) is 12.3 Å². The zero-order chi connectivity index (χ0) is 15.6. The minimum absolute atomic E-state index is 0.0748. The van der Waals surface area contributed by atoms with Crippen LogP contribution in [-0.4, -0.2) is 31.8 Å². The highest BCUT2D eigenvalue weighted by molar-refractivity contribution is 7.72. The van der Waals surface area contributed by atoms with Crippen molar-refractivity contribution in [2.75, 3.05) is 26.4 Å². The van der Waals surface area contributed by atoms with Crippen LogP contribution < -0.4 is 0 Å². The van der Waals surface area contributed by atoms with Crippen molar-refractivity contribution in [2.24, 2.45) is 0 Å². The van der Waals surface area contributed by atoms with Crippen molar-refractivity contribution >= 4 is 15.2 Å². The molecule has 0 aromatic rings. The maximum atomic E-state index is 12.8. The molecule has 0 aromatic carbocycles. The van der Waals surface area contributed by atoms with Crippen molar-refractivity contribution in [1.82, 2.24) is 0 Å². The third-order valence-electron chi connectivity index (χ3n) is 2.27. The van der Waals surface area contributed by atoms with Gasteiger partial charge in [0.15, 0.2) is 5.40 Å². The molecule has 0 fully saturated rings. The van der Waals surface area contributed by atoms with Crippen molar-refractivity contribution < 1.29 is 27.2 Å². The van der Waals surface area contributed by atoms with Crippen LogP contribution in [0.4, 0.5) is 0 Å². The largest absolute Gasteiger partial charge is 0.346 e. The maximum Gasteiger partial charge on any atom is 0.346 e. The van der Waals surface area contributed by atoms with Crippen LogP contribution in [0.15, 0.2) is 0 Å². The average Bonchev–Trinajstić information content (AvgIpc) is 2.36. The summed E-state index contributed by atoms with van der Waals surface area (Å²) in [5.74, 6) is 2.35. The van der Waals surface area contributed by atoms with E-state index in [1.807, 2.05) is 0 Å². The van der Waals surface area contributed by atoms with Gasteiger partial charge in [-0.1, -0.05) is 0 Å². The molecule has 0 saturated carbocycles. The Morgan fingerprint density at radius 2 is 1.15 bits per heavy atom. The molecule has 0 N–H and O–H groups in total. The lowest BCUT2D eigenvalue weighted by molar-refractivity contribution is 0.195. The van der Waals surface area contributed by atoms with Crippen LogP contribution in [0.3, 0.4) is 0 Å². The highest BCUT2D eigenvalue weighted by Crippen LogP contribution is 2.71. The molecule has 0 aliphatic heterocycles. The summed E-state index contributed by atoms with van der Waals surface area (Å²) in [6, 6.07) is 0. The van der Waals surface area contributed by atoms with E-state index in [0.717, 1.165) is 0 Å². The Labute approximate surface area is 121 Å². The zero-order valence-corrected chi connectivity index (χ0v) is 14.3. The monoisotopic (exact) mass is 326 g/mol. The second-order valence-electron chi connectivity index (χ2n) is 3.64. The van der Waals surface area contributed by atoms with Crippen molar-refractivity contribution in [1.29, 1.82) is 0 Å². The van der Waals surface area contributed by atoms with E-state index in [-0.39, 0.29) is 32.8 Å². The Kier molecular flexibility index (Phi) is 9.67. The number of rotatable bonds is 11.